The van der Waals surface area contributed by atoms with Crippen LogP contribution in [0, 0.1) is 0 Å². The van der Waals surface area contributed by atoms with Crippen LogP contribution < -0.4 is 0 Å². The van der Waals surface area contributed by atoms with Crippen molar-refractivity contribution in [1.82, 2.24) is 0 Å². The Labute approximate surface area is 186 Å². The number of ether oxygens (including phenoxy) is 1. The highest BCUT2D eigenvalue weighted by Crippen LogP contribution is 2.69. The molecule has 31 heavy (non-hydrogen) atoms. The fraction of sp³-hybridized carbons (Fsp3) is 0.143. The second kappa shape index (κ2) is 6.78. The van der Waals surface area contributed by atoms with Crippen LogP contribution in [0.25, 0.3) is 0 Å². The second-order valence-corrected chi connectivity index (χ2v) is 8.72. The molecular formula is C28H20ClFO. The number of rotatable bonds is 3. The van der Waals surface area contributed by atoms with Gasteiger partial charge in [-0.3, -0.25) is 0 Å². The molecule has 1 saturated heterocycles. The normalized spacial score (nSPS) is 28.5. The van der Waals surface area contributed by atoms with Gasteiger partial charge in [0.1, 0.15) is 11.8 Å². The Kier molecular flexibility index (Phi) is 4.11. The third-order valence-electron chi connectivity index (χ3n) is 6.80. The minimum absolute atomic E-state index is 0.512. The molecular weight excluding hydrogens is 407 g/mol. The maximum atomic E-state index is 16.9. The summed E-state index contributed by atoms with van der Waals surface area (Å²) in [6.07, 6.45) is -1.27. The molecule has 0 aliphatic carbocycles. The predicted molar refractivity (Wildman–Crippen MR) is 121 cm³/mol. The largest absolute Gasteiger partial charge is 0.346 e. The molecule has 0 aromatic heterocycles. The number of fused-ring (bicyclic) bond motifs is 5. The topological polar surface area (TPSA) is 9.23 Å². The van der Waals surface area contributed by atoms with Crippen molar-refractivity contribution in [2.45, 2.75) is 23.3 Å². The van der Waals surface area contributed by atoms with Crippen molar-refractivity contribution in [1.29, 1.82) is 0 Å². The Morgan fingerprint density at radius 2 is 1.10 bits per heavy atom. The highest BCUT2D eigenvalue weighted by molar-refractivity contribution is 6.30. The minimum Gasteiger partial charge on any atom is -0.346 e. The lowest BCUT2D eigenvalue weighted by Crippen LogP contribution is -2.40. The molecule has 2 aliphatic heterocycles. The van der Waals surface area contributed by atoms with Gasteiger partial charge in [0.25, 0.3) is 0 Å². The fourth-order valence-corrected chi connectivity index (χ4v) is 5.71. The van der Waals surface area contributed by atoms with E-state index >= 15 is 4.39 Å². The summed E-state index contributed by atoms with van der Waals surface area (Å²) in [4.78, 5) is 0. The van der Waals surface area contributed by atoms with Crippen LogP contribution in [0.3, 0.4) is 0 Å². The first-order valence-corrected chi connectivity index (χ1v) is 10.9. The standard InChI is InChI=1S/C28H20ClFO/c29-22-17-15-19(16-18-22)25-26(30)28(21-11-5-2-6-12-21)24-14-8-7-13-23(24)27(25,31-28)20-9-3-1-4-10-20/h1-18,25-26H/t25-,26-,27+,28-/m1/s1. The Hall–Kier alpha value is -2.94. The summed E-state index contributed by atoms with van der Waals surface area (Å²) in [5, 5.41) is 0.634. The molecule has 6 rings (SSSR count). The molecule has 2 heterocycles. The van der Waals surface area contributed by atoms with E-state index in [0.717, 1.165) is 27.8 Å². The smallest absolute Gasteiger partial charge is 0.152 e. The average molecular weight is 427 g/mol. The van der Waals surface area contributed by atoms with E-state index < -0.39 is 23.3 Å². The third-order valence-corrected chi connectivity index (χ3v) is 7.05. The molecule has 4 aromatic carbocycles. The van der Waals surface area contributed by atoms with Crippen molar-refractivity contribution in [3.63, 3.8) is 0 Å². The van der Waals surface area contributed by atoms with Crippen molar-refractivity contribution in [2.75, 3.05) is 0 Å². The van der Waals surface area contributed by atoms with Gasteiger partial charge < -0.3 is 4.74 Å². The van der Waals surface area contributed by atoms with Crippen LogP contribution >= 0.6 is 11.6 Å². The zero-order valence-electron chi connectivity index (χ0n) is 16.7. The van der Waals surface area contributed by atoms with Crippen LogP contribution in [0.1, 0.15) is 33.7 Å². The van der Waals surface area contributed by atoms with Gasteiger partial charge in [0.05, 0.1) is 5.92 Å². The van der Waals surface area contributed by atoms with Gasteiger partial charge in [0.2, 0.25) is 0 Å². The Morgan fingerprint density at radius 3 is 1.68 bits per heavy atom. The van der Waals surface area contributed by atoms with Crippen molar-refractivity contribution in [3.05, 3.63) is 142 Å². The number of hydrogen-bond acceptors (Lipinski definition) is 1. The molecule has 2 aliphatic rings. The molecule has 4 aromatic rings. The third kappa shape index (κ3) is 2.40. The van der Waals surface area contributed by atoms with Gasteiger partial charge in [0, 0.05) is 5.02 Å². The van der Waals surface area contributed by atoms with Crippen LogP contribution in [0.15, 0.2) is 109 Å². The van der Waals surface area contributed by atoms with Crippen molar-refractivity contribution >= 4 is 11.6 Å². The molecule has 1 fully saturated rings. The van der Waals surface area contributed by atoms with Gasteiger partial charge in [-0.15, -0.1) is 0 Å². The van der Waals surface area contributed by atoms with Crippen LogP contribution in [0.2, 0.25) is 5.02 Å². The molecule has 0 saturated carbocycles. The molecule has 1 nitrogen and oxygen atoms in total. The maximum absolute atomic E-state index is 16.9. The number of halogens is 2. The average Bonchev–Trinajstić information content (AvgIpc) is 3.29. The Balaban J connectivity index is 1.70. The molecule has 0 radical (unpaired) electrons. The highest BCUT2D eigenvalue weighted by atomic mass is 35.5. The van der Waals surface area contributed by atoms with Gasteiger partial charge in [-0.1, -0.05) is 109 Å². The monoisotopic (exact) mass is 426 g/mol. The van der Waals surface area contributed by atoms with Crippen molar-refractivity contribution in [2.24, 2.45) is 0 Å². The first-order chi connectivity index (χ1) is 15.2. The lowest BCUT2D eigenvalue weighted by Gasteiger charge is -2.37. The number of hydrogen-bond donors (Lipinski definition) is 0. The predicted octanol–water partition coefficient (Wildman–Crippen LogP) is 6.99. The zero-order chi connectivity index (χ0) is 21.1. The first kappa shape index (κ1) is 18.8. The van der Waals surface area contributed by atoms with E-state index in [1.165, 1.54) is 0 Å². The summed E-state index contributed by atoms with van der Waals surface area (Å²) in [5.74, 6) is -0.512. The zero-order valence-corrected chi connectivity index (χ0v) is 17.5. The Morgan fingerprint density at radius 1 is 0.613 bits per heavy atom. The lowest BCUT2D eigenvalue weighted by atomic mass is 9.63. The number of alkyl halides is 1. The SMILES string of the molecule is F[C@@H]1[C@@H](c2ccc(Cl)cc2)[C@@]2(c3ccccc3)O[C@]1(c1ccccc1)c1ccccc12. The van der Waals surface area contributed by atoms with Crippen LogP contribution in [0.4, 0.5) is 4.39 Å². The van der Waals surface area contributed by atoms with Crippen LogP contribution in [-0.4, -0.2) is 6.17 Å². The molecule has 4 atom stereocenters. The molecule has 0 unspecified atom stereocenters. The van der Waals surface area contributed by atoms with E-state index in [4.69, 9.17) is 16.3 Å². The van der Waals surface area contributed by atoms with E-state index in [1.54, 1.807) is 0 Å². The quantitative estimate of drug-likeness (QED) is 0.343. The summed E-state index contributed by atoms with van der Waals surface area (Å²) in [5.41, 5.74) is 2.51. The van der Waals surface area contributed by atoms with Gasteiger partial charge in [-0.25, -0.2) is 4.39 Å². The van der Waals surface area contributed by atoms with Gasteiger partial charge in [0.15, 0.2) is 5.60 Å². The maximum Gasteiger partial charge on any atom is 0.152 e. The second-order valence-electron chi connectivity index (χ2n) is 8.28. The van der Waals surface area contributed by atoms with E-state index in [0.29, 0.717) is 5.02 Å². The highest BCUT2D eigenvalue weighted by Gasteiger charge is 2.72. The van der Waals surface area contributed by atoms with Gasteiger partial charge in [-0.05, 0) is 39.9 Å². The van der Waals surface area contributed by atoms with E-state index in [1.807, 2.05) is 103 Å². The summed E-state index contributed by atoms with van der Waals surface area (Å²) >= 11 is 6.16. The van der Waals surface area contributed by atoms with Crippen LogP contribution in [-0.2, 0) is 15.9 Å². The summed E-state index contributed by atoms with van der Waals surface area (Å²) in [6, 6.07) is 35.4. The lowest BCUT2D eigenvalue weighted by molar-refractivity contribution is -0.0567. The van der Waals surface area contributed by atoms with Gasteiger partial charge >= 0.3 is 0 Å². The summed E-state index contributed by atoms with van der Waals surface area (Å²) < 4.78 is 23.9. The molecule has 0 N–H and O–H groups in total. The minimum atomic E-state index is -1.27. The summed E-state index contributed by atoms with van der Waals surface area (Å²) in [7, 11) is 0. The molecule has 2 bridgehead atoms. The first-order valence-electron chi connectivity index (χ1n) is 10.5. The molecule has 152 valence electrons. The fourth-order valence-electron chi connectivity index (χ4n) is 5.58. The van der Waals surface area contributed by atoms with Crippen LogP contribution in [0.5, 0.6) is 0 Å². The van der Waals surface area contributed by atoms with E-state index in [9.17, 15) is 0 Å². The van der Waals surface area contributed by atoms with Crippen molar-refractivity contribution < 1.29 is 9.13 Å². The molecule has 0 amide bonds. The van der Waals surface area contributed by atoms with Gasteiger partial charge in [-0.2, -0.15) is 0 Å². The number of benzene rings is 4. The molecule has 0 spiro atoms. The van der Waals surface area contributed by atoms with E-state index in [2.05, 4.69) is 6.07 Å². The van der Waals surface area contributed by atoms with Crippen molar-refractivity contribution in [3.8, 4) is 0 Å². The summed E-state index contributed by atoms with van der Waals surface area (Å²) in [6.45, 7) is 0. The van der Waals surface area contributed by atoms with E-state index in [-0.39, 0.29) is 0 Å². The molecule has 3 heteroatoms. The Bertz CT molecular complexity index is 1240.